The summed E-state index contributed by atoms with van der Waals surface area (Å²) in [5.74, 6) is 1.79. The normalized spacial score (nSPS) is 22.4. The monoisotopic (exact) mass is 532 g/mol. The second kappa shape index (κ2) is 8.11. The number of amides is 1. The van der Waals surface area contributed by atoms with E-state index in [0.29, 0.717) is 42.2 Å². The number of halogens is 2. The maximum Gasteiger partial charge on any atom is 0.407 e. The molecule has 2 aromatic heterocycles. The van der Waals surface area contributed by atoms with Crippen molar-refractivity contribution in [3.63, 3.8) is 0 Å². The highest BCUT2D eigenvalue weighted by atomic mass is 79.9. The van der Waals surface area contributed by atoms with Crippen LogP contribution in [0.1, 0.15) is 24.8 Å². The van der Waals surface area contributed by atoms with E-state index in [4.69, 9.17) is 16.3 Å². The van der Waals surface area contributed by atoms with Crippen LogP contribution >= 0.6 is 27.5 Å². The molecule has 2 atom stereocenters. The lowest BCUT2D eigenvalue weighted by Crippen LogP contribution is -2.47. The molecule has 1 aliphatic carbocycles. The van der Waals surface area contributed by atoms with Gasteiger partial charge in [-0.1, -0.05) is 16.8 Å². The smallest absolute Gasteiger partial charge is 0.407 e. The Balaban J connectivity index is 1.24. The van der Waals surface area contributed by atoms with Gasteiger partial charge in [0.1, 0.15) is 11.3 Å². The second-order valence-electron chi connectivity index (χ2n) is 9.09. The number of fused-ring (bicyclic) bond motifs is 3. The first kappa shape index (κ1) is 21.1. The van der Waals surface area contributed by atoms with Crippen LogP contribution in [-0.4, -0.2) is 66.2 Å². The number of aromatic nitrogens is 4. The van der Waals surface area contributed by atoms with E-state index < -0.39 is 6.09 Å². The highest BCUT2D eigenvalue weighted by Gasteiger charge is 2.45. The van der Waals surface area contributed by atoms with Crippen molar-refractivity contribution < 1.29 is 14.6 Å². The first-order chi connectivity index (χ1) is 16.0. The largest absolute Gasteiger partial charge is 0.465 e. The van der Waals surface area contributed by atoms with E-state index >= 15 is 0 Å². The Morgan fingerprint density at radius 2 is 2.12 bits per heavy atom. The molecule has 1 amide bonds. The number of benzene rings is 1. The lowest BCUT2D eigenvalue weighted by Gasteiger charge is -2.32. The predicted octanol–water partition coefficient (Wildman–Crippen LogP) is 4.38. The Morgan fingerprint density at radius 3 is 2.85 bits per heavy atom. The highest BCUT2D eigenvalue weighted by molar-refractivity contribution is 9.10. The molecule has 2 saturated heterocycles. The van der Waals surface area contributed by atoms with E-state index in [-0.39, 0.29) is 12.1 Å². The number of nitrogens with zero attached hydrogens (tertiary/aromatic N) is 6. The van der Waals surface area contributed by atoms with Gasteiger partial charge in [-0.25, -0.2) is 14.5 Å². The number of ether oxygens (including phenoxy) is 1. The molecule has 0 radical (unpaired) electrons. The van der Waals surface area contributed by atoms with Gasteiger partial charge in [0, 0.05) is 50.0 Å². The summed E-state index contributed by atoms with van der Waals surface area (Å²) < 4.78 is 8.92. The van der Waals surface area contributed by atoms with E-state index in [1.165, 1.54) is 17.7 Å². The summed E-state index contributed by atoms with van der Waals surface area (Å²) >= 11 is 9.90. The van der Waals surface area contributed by atoms with Crippen molar-refractivity contribution in [2.45, 2.75) is 44.4 Å². The summed E-state index contributed by atoms with van der Waals surface area (Å²) in [5.41, 5.74) is 2.59. The van der Waals surface area contributed by atoms with Gasteiger partial charge in [0.2, 0.25) is 5.88 Å². The summed E-state index contributed by atoms with van der Waals surface area (Å²) in [6, 6.07) is 5.99. The molecule has 172 valence electrons. The van der Waals surface area contributed by atoms with Crippen LogP contribution < -0.4 is 4.74 Å². The van der Waals surface area contributed by atoms with E-state index in [2.05, 4.69) is 36.1 Å². The van der Waals surface area contributed by atoms with Crippen LogP contribution in [0.5, 0.6) is 11.6 Å². The predicted molar refractivity (Wildman–Crippen MR) is 125 cm³/mol. The Labute approximate surface area is 203 Å². The molecule has 0 spiro atoms. The van der Waals surface area contributed by atoms with Crippen LogP contribution in [0, 0.1) is 5.92 Å². The average Bonchev–Trinajstić information content (AvgIpc) is 3.18. The number of piperazine rings is 1. The van der Waals surface area contributed by atoms with E-state index in [9.17, 15) is 9.90 Å². The Kier molecular flexibility index (Phi) is 5.19. The molecule has 3 aliphatic rings. The fraction of sp³-hybridized carbons (Fsp3) is 0.455. The summed E-state index contributed by atoms with van der Waals surface area (Å²) in [5, 5.41) is 18.6. The number of hydrogen-bond donors (Lipinski definition) is 1. The van der Waals surface area contributed by atoms with Crippen LogP contribution in [0.2, 0.25) is 5.02 Å². The molecule has 2 aliphatic heterocycles. The van der Waals surface area contributed by atoms with Crippen LogP contribution in [0.25, 0.3) is 11.0 Å². The van der Waals surface area contributed by atoms with Gasteiger partial charge in [-0.05, 0) is 59.3 Å². The highest BCUT2D eigenvalue weighted by Crippen LogP contribution is 2.38. The zero-order chi connectivity index (χ0) is 22.7. The van der Waals surface area contributed by atoms with Crippen molar-refractivity contribution in [2.24, 2.45) is 5.92 Å². The molecule has 11 heteroatoms. The van der Waals surface area contributed by atoms with Gasteiger partial charge >= 0.3 is 6.09 Å². The van der Waals surface area contributed by atoms with Gasteiger partial charge in [0.15, 0.2) is 0 Å². The van der Waals surface area contributed by atoms with E-state index in [0.717, 1.165) is 34.0 Å². The van der Waals surface area contributed by atoms with Crippen molar-refractivity contribution in [3.8, 4) is 11.6 Å². The molecular weight excluding hydrogens is 512 g/mol. The van der Waals surface area contributed by atoms with Crippen LogP contribution in [-0.2, 0) is 13.1 Å². The summed E-state index contributed by atoms with van der Waals surface area (Å²) in [7, 11) is 0. The first-order valence-electron chi connectivity index (χ1n) is 11.0. The minimum atomic E-state index is -0.843. The molecule has 2 bridgehead atoms. The van der Waals surface area contributed by atoms with Crippen LogP contribution in [0.3, 0.4) is 0 Å². The quantitative estimate of drug-likeness (QED) is 0.502. The van der Waals surface area contributed by atoms with Crippen LogP contribution in [0.15, 0.2) is 28.9 Å². The maximum atomic E-state index is 11.4. The number of carboxylic acid groups (broad SMARTS) is 1. The van der Waals surface area contributed by atoms with E-state index in [1.54, 1.807) is 6.20 Å². The van der Waals surface area contributed by atoms with Crippen molar-refractivity contribution in [3.05, 3.63) is 39.5 Å². The van der Waals surface area contributed by atoms with Crippen molar-refractivity contribution in [1.29, 1.82) is 0 Å². The van der Waals surface area contributed by atoms with E-state index in [1.807, 2.05) is 22.9 Å². The van der Waals surface area contributed by atoms with Gasteiger partial charge in [-0.15, -0.1) is 5.10 Å². The lowest BCUT2D eigenvalue weighted by atomic mass is 10.2. The first-order valence-corrected chi connectivity index (χ1v) is 12.2. The molecule has 33 heavy (non-hydrogen) atoms. The molecule has 3 fully saturated rings. The molecule has 1 aromatic carbocycles. The topological polar surface area (TPSA) is 96.6 Å². The fourth-order valence-corrected chi connectivity index (χ4v) is 5.59. The molecule has 1 N–H and O–H groups in total. The van der Waals surface area contributed by atoms with Crippen LogP contribution in [0.4, 0.5) is 4.79 Å². The minimum Gasteiger partial charge on any atom is -0.465 e. The summed E-state index contributed by atoms with van der Waals surface area (Å²) in [4.78, 5) is 19.7. The summed E-state index contributed by atoms with van der Waals surface area (Å²) in [6.45, 7) is 2.71. The molecule has 9 nitrogen and oxygen atoms in total. The molecule has 0 unspecified atom stereocenters. The fourth-order valence-electron chi connectivity index (χ4n) is 4.92. The van der Waals surface area contributed by atoms with Crippen molar-refractivity contribution in [1.82, 2.24) is 29.8 Å². The molecule has 4 heterocycles. The number of pyridine rings is 1. The SMILES string of the molecule is O=C(O)N1C[C@H]2C[C@@H]1CN2Cc1cc(Cl)cnc1Oc1ccc2c(nnn2CC2CC2)c1Br. The Morgan fingerprint density at radius 1 is 1.27 bits per heavy atom. The van der Waals surface area contributed by atoms with Gasteiger partial charge in [-0.3, -0.25) is 4.90 Å². The third-order valence-corrected chi connectivity index (χ3v) is 7.76. The zero-order valence-corrected chi connectivity index (χ0v) is 20.0. The third-order valence-electron chi connectivity index (χ3n) is 6.79. The standard InChI is InChI=1S/C22H22BrClN6O3/c23-19-18(4-3-17-20(19)26-27-30(17)8-12-1-2-12)33-21-13(5-14(24)7-25-21)9-28-10-16-6-15(28)11-29(16)22(31)32/h3-5,7,12,15-16H,1-2,6,8-11H2,(H,31,32)/t15-,16-/m1/s1. The Hall–Kier alpha value is -2.43. The maximum absolute atomic E-state index is 11.4. The van der Waals surface area contributed by atoms with Gasteiger partial charge < -0.3 is 14.7 Å². The lowest BCUT2D eigenvalue weighted by molar-refractivity contribution is 0.0999. The molecule has 1 saturated carbocycles. The minimum absolute atomic E-state index is 0.0406. The zero-order valence-electron chi connectivity index (χ0n) is 17.7. The van der Waals surface area contributed by atoms with Gasteiger partial charge in [0.25, 0.3) is 0 Å². The number of likely N-dealkylation sites (tertiary alicyclic amines) is 2. The van der Waals surface area contributed by atoms with Crippen molar-refractivity contribution in [2.75, 3.05) is 13.1 Å². The molecular formula is C22H22BrClN6O3. The molecule has 6 rings (SSSR count). The Bertz CT molecular complexity index is 1250. The van der Waals surface area contributed by atoms with Crippen molar-refractivity contribution >= 4 is 44.7 Å². The number of hydrogen-bond acceptors (Lipinski definition) is 6. The third kappa shape index (κ3) is 3.94. The van der Waals surface area contributed by atoms with Gasteiger partial charge in [-0.2, -0.15) is 0 Å². The average molecular weight is 534 g/mol. The van der Waals surface area contributed by atoms with Gasteiger partial charge in [0.05, 0.1) is 15.0 Å². The second-order valence-corrected chi connectivity index (χ2v) is 10.3. The number of rotatable bonds is 6. The number of carbonyl (C=O) groups is 1. The molecule has 3 aromatic rings. The summed E-state index contributed by atoms with van der Waals surface area (Å²) in [6.07, 6.45) is 4.09.